The van der Waals surface area contributed by atoms with Gasteiger partial charge in [-0.25, -0.2) is 0 Å². The summed E-state index contributed by atoms with van der Waals surface area (Å²) in [5.41, 5.74) is -0.350. The minimum absolute atomic E-state index is 0.0316. The Morgan fingerprint density at radius 1 is 1.12 bits per heavy atom. The molecule has 0 bridgehead atoms. The van der Waals surface area contributed by atoms with E-state index in [1.54, 1.807) is 23.9 Å². The minimum Gasteiger partial charge on any atom is -0.341 e. The van der Waals surface area contributed by atoms with Crippen molar-refractivity contribution in [3.05, 3.63) is 65.2 Å². The van der Waals surface area contributed by atoms with Gasteiger partial charge in [-0.15, -0.1) is 11.8 Å². The zero-order valence-corrected chi connectivity index (χ0v) is 14.3. The molecule has 25 heavy (non-hydrogen) atoms. The van der Waals surface area contributed by atoms with Crippen molar-refractivity contribution in [1.82, 2.24) is 5.32 Å². The molecule has 0 unspecified atom stereocenters. The Kier molecular flexibility index (Phi) is 6.54. The van der Waals surface area contributed by atoms with Crippen molar-refractivity contribution in [3.8, 4) is 11.8 Å². The second kappa shape index (κ2) is 8.63. The van der Waals surface area contributed by atoms with Gasteiger partial charge in [0.2, 0.25) is 0 Å². The molecule has 0 saturated carbocycles. The largest absolute Gasteiger partial charge is 0.417 e. The lowest BCUT2D eigenvalue weighted by atomic mass is 10.1. The third-order valence-electron chi connectivity index (χ3n) is 3.22. The highest BCUT2D eigenvalue weighted by molar-refractivity contribution is 7.99. The average Bonchev–Trinajstić information content (AvgIpc) is 2.59. The third kappa shape index (κ3) is 5.30. The van der Waals surface area contributed by atoms with Gasteiger partial charge in [0.1, 0.15) is 0 Å². The molecule has 0 spiro atoms. The van der Waals surface area contributed by atoms with Crippen LogP contribution in [0.2, 0.25) is 0 Å². The fourth-order valence-corrected chi connectivity index (χ4v) is 2.94. The van der Waals surface area contributed by atoms with Crippen molar-refractivity contribution < 1.29 is 18.0 Å². The summed E-state index contributed by atoms with van der Waals surface area (Å²) in [6, 6.07) is 12.3. The number of nitrogens with one attached hydrogen (secondary N) is 1. The van der Waals surface area contributed by atoms with E-state index in [-0.39, 0.29) is 18.0 Å². The van der Waals surface area contributed by atoms with Crippen molar-refractivity contribution in [3.63, 3.8) is 0 Å². The molecule has 0 aliphatic carbocycles. The Balaban J connectivity index is 2.06. The number of rotatable bonds is 4. The number of hydrogen-bond acceptors (Lipinski definition) is 2. The van der Waals surface area contributed by atoms with Gasteiger partial charge in [-0.2, -0.15) is 13.2 Å². The molecular weight excluding hydrogens is 347 g/mol. The second-order valence-electron chi connectivity index (χ2n) is 4.96. The summed E-state index contributed by atoms with van der Waals surface area (Å²) >= 11 is 1.55. The molecule has 0 saturated heterocycles. The predicted octanol–water partition coefficient (Wildman–Crippen LogP) is 4.60. The molecule has 2 aromatic rings. The zero-order chi connectivity index (χ0) is 18.3. The van der Waals surface area contributed by atoms with E-state index >= 15 is 0 Å². The molecular formula is C19H16F3NOS. The first kappa shape index (κ1) is 18.9. The molecule has 6 heteroatoms. The Labute approximate surface area is 148 Å². The number of amides is 1. The first-order chi connectivity index (χ1) is 11.9. The lowest BCUT2D eigenvalue weighted by molar-refractivity contribution is -0.137. The summed E-state index contributed by atoms with van der Waals surface area (Å²) in [6.45, 7) is 1.96. The predicted molar refractivity (Wildman–Crippen MR) is 93.5 cm³/mol. The topological polar surface area (TPSA) is 29.1 Å². The maximum absolute atomic E-state index is 12.9. The van der Waals surface area contributed by atoms with E-state index in [9.17, 15) is 18.0 Å². The number of halogens is 3. The molecule has 0 aliphatic heterocycles. The van der Waals surface area contributed by atoms with Crippen LogP contribution in [0.25, 0.3) is 0 Å². The van der Waals surface area contributed by atoms with E-state index < -0.39 is 11.7 Å². The summed E-state index contributed by atoms with van der Waals surface area (Å²) in [5, 5.41) is 2.62. The number of benzene rings is 2. The van der Waals surface area contributed by atoms with Gasteiger partial charge >= 0.3 is 6.18 Å². The highest BCUT2D eigenvalue weighted by atomic mass is 32.2. The summed E-state index contributed by atoms with van der Waals surface area (Å²) in [4.78, 5) is 13.1. The van der Waals surface area contributed by atoms with Gasteiger partial charge in [0, 0.05) is 10.5 Å². The monoisotopic (exact) mass is 363 g/mol. The van der Waals surface area contributed by atoms with Crippen molar-refractivity contribution in [2.24, 2.45) is 0 Å². The summed E-state index contributed by atoms with van der Waals surface area (Å²) < 4.78 is 38.7. The summed E-state index contributed by atoms with van der Waals surface area (Å²) in [7, 11) is 0. The molecule has 0 atom stereocenters. The number of hydrogen-bond donors (Lipinski definition) is 1. The quantitative estimate of drug-likeness (QED) is 0.635. The van der Waals surface area contributed by atoms with E-state index in [0.29, 0.717) is 5.56 Å². The van der Waals surface area contributed by atoms with Crippen LogP contribution in [0.15, 0.2) is 53.4 Å². The fourth-order valence-electron chi connectivity index (χ4n) is 2.13. The van der Waals surface area contributed by atoms with E-state index in [1.165, 1.54) is 18.2 Å². The highest BCUT2D eigenvalue weighted by Gasteiger charge is 2.32. The van der Waals surface area contributed by atoms with Crippen LogP contribution in [0, 0.1) is 11.8 Å². The van der Waals surface area contributed by atoms with Crippen molar-refractivity contribution in [2.75, 3.05) is 12.3 Å². The van der Waals surface area contributed by atoms with Crippen LogP contribution in [0.1, 0.15) is 28.4 Å². The van der Waals surface area contributed by atoms with Gasteiger partial charge in [0.25, 0.3) is 5.91 Å². The van der Waals surface area contributed by atoms with Gasteiger partial charge in [-0.1, -0.05) is 43.0 Å². The van der Waals surface area contributed by atoms with E-state index in [1.807, 2.05) is 19.1 Å². The van der Waals surface area contributed by atoms with Crippen LogP contribution in [-0.2, 0) is 6.18 Å². The van der Waals surface area contributed by atoms with Crippen molar-refractivity contribution in [1.29, 1.82) is 0 Å². The first-order valence-corrected chi connectivity index (χ1v) is 8.57. The molecule has 0 aliphatic rings. The highest BCUT2D eigenvalue weighted by Crippen LogP contribution is 2.31. The molecule has 130 valence electrons. The van der Waals surface area contributed by atoms with Crippen LogP contribution in [0.4, 0.5) is 13.2 Å². The molecule has 2 nitrogen and oxygen atoms in total. The fraction of sp³-hybridized carbons (Fsp3) is 0.211. The van der Waals surface area contributed by atoms with E-state index in [0.717, 1.165) is 16.7 Å². The van der Waals surface area contributed by atoms with Crippen molar-refractivity contribution in [2.45, 2.75) is 18.0 Å². The standard InChI is InChI=1S/C19H16F3NOS/c1-2-25-17-12-6-4-10-15(17)18(24)23-13-7-9-14-8-3-5-11-16(14)19(20,21)22/h3-6,8,10-12H,2,13H2,1H3,(H,23,24). The van der Waals surface area contributed by atoms with Gasteiger partial charge < -0.3 is 5.32 Å². The van der Waals surface area contributed by atoms with Crippen LogP contribution in [0.3, 0.4) is 0 Å². The van der Waals surface area contributed by atoms with Gasteiger partial charge in [0.05, 0.1) is 17.7 Å². The Morgan fingerprint density at radius 2 is 1.80 bits per heavy atom. The van der Waals surface area contributed by atoms with Gasteiger partial charge in [0.15, 0.2) is 0 Å². The average molecular weight is 363 g/mol. The maximum atomic E-state index is 12.9. The van der Waals surface area contributed by atoms with Crippen LogP contribution in [-0.4, -0.2) is 18.2 Å². The van der Waals surface area contributed by atoms with Gasteiger partial charge in [-0.05, 0) is 30.0 Å². The van der Waals surface area contributed by atoms with Crippen LogP contribution >= 0.6 is 11.8 Å². The number of carbonyl (C=O) groups excluding carboxylic acids is 1. The molecule has 0 radical (unpaired) electrons. The Morgan fingerprint density at radius 3 is 2.52 bits per heavy atom. The Hall–Kier alpha value is -2.39. The molecule has 1 N–H and O–H groups in total. The minimum atomic E-state index is -4.45. The third-order valence-corrected chi connectivity index (χ3v) is 4.18. The van der Waals surface area contributed by atoms with Crippen LogP contribution < -0.4 is 5.32 Å². The smallest absolute Gasteiger partial charge is 0.341 e. The number of thioether (sulfide) groups is 1. The molecule has 1 amide bonds. The molecule has 2 rings (SSSR count). The number of alkyl halides is 3. The maximum Gasteiger partial charge on any atom is 0.417 e. The molecule has 0 aromatic heterocycles. The van der Waals surface area contributed by atoms with Gasteiger partial charge in [-0.3, -0.25) is 4.79 Å². The Bertz CT molecular complexity index is 806. The molecule has 2 aromatic carbocycles. The van der Waals surface area contributed by atoms with Crippen molar-refractivity contribution >= 4 is 17.7 Å². The van der Waals surface area contributed by atoms with Crippen LogP contribution in [0.5, 0.6) is 0 Å². The normalized spacial score (nSPS) is 10.7. The first-order valence-electron chi connectivity index (χ1n) is 7.58. The second-order valence-corrected chi connectivity index (χ2v) is 6.26. The van der Waals surface area contributed by atoms with E-state index in [2.05, 4.69) is 17.2 Å². The number of carbonyl (C=O) groups is 1. The lowest BCUT2D eigenvalue weighted by Gasteiger charge is -2.08. The molecule has 0 fully saturated rings. The lowest BCUT2D eigenvalue weighted by Crippen LogP contribution is -2.24. The molecule has 0 heterocycles. The summed E-state index contributed by atoms with van der Waals surface area (Å²) in [6.07, 6.45) is -4.45. The zero-order valence-electron chi connectivity index (χ0n) is 13.5. The SMILES string of the molecule is CCSc1ccccc1C(=O)NCC#Cc1ccccc1C(F)(F)F. The van der Waals surface area contributed by atoms with E-state index in [4.69, 9.17) is 0 Å². The summed E-state index contributed by atoms with van der Waals surface area (Å²) in [5.74, 6) is 5.59.